The molecule has 2 fully saturated rings. The second kappa shape index (κ2) is 9.63. The van der Waals surface area contributed by atoms with Crippen LogP contribution in [0.2, 0.25) is 0 Å². The van der Waals surface area contributed by atoms with Crippen LogP contribution in [0.4, 0.5) is 18.9 Å². The summed E-state index contributed by atoms with van der Waals surface area (Å²) >= 11 is 1.13. The lowest BCUT2D eigenvalue weighted by molar-refractivity contribution is -0.258. The smallest absolute Gasteiger partial charge is 0.391 e. The zero-order valence-corrected chi connectivity index (χ0v) is 20.6. The third kappa shape index (κ3) is 5.29. The fourth-order valence-corrected chi connectivity index (χ4v) is 6.68. The molecule has 35 heavy (non-hydrogen) atoms. The van der Waals surface area contributed by atoms with Crippen molar-refractivity contribution in [2.24, 2.45) is 0 Å². The van der Waals surface area contributed by atoms with Crippen LogP contribution in [0.25, 0.3) is 0 Å². The van der Waals surface area contributed by atoms with Crippen molar-refractivity contribution in [3.63, 3.8) is 0 Å². The van der Waals surface area contributed by atoms with Crippen molar-refractivity contribution in [1.82, 2.24) is 9.21 Å². The van der Waals surface area contributed by atoms with Crippen LogP contribution in [-0.2, 0) is 15.6 Å². The first-order valence-electron chi connectivity index (χ1n) is 11.0. The molecule has 0 amide bonds. The summed E-state index contributed by atoms with van der Waals surface area (Å²) in [5.41, 5.74) is -2.71. The first kappa shape index (κ1) is 25.8. The molecule has 12 heteroatoms. The topological polar surface area (TPSA) is 84.3 Å². The van der Waals surface area contributed by atoms with Gasteiger partial charge in [-0.2, -0.15) is 17.5 Å². The quantitative estimate of drug-likeness (QED) is 0.592. The number of aliphatic hydroxyl groups excluding tert-OH is 1. The van der Waals surface area contributed by atoms with Crippen molar-refractivity contribution < 1.29 is 31.8 Å². The maximum atomic E-state index is 13.2. The lowest BCUT2D eigenvalue weighted by Gasteiger charge is -2.40. The van der Waals surface area contributed by atoms with Gasteiger partial charge in [0.1, 0.15) is 10.3 Å². The lowest BCUT2D eigenvalue weighted by Crippen LogP contribution is -2.54. The second-order valence-electron chi connectivity index (χ2n) is 8.77. The average molecular weight is 530 g/mol. The molecule has 3 heterocycles. The first-order valence-corrected chi connectivity index (χ1v) is 13.4. The Hall–Kier alpha value is -2.30. The zero-order chi connectivity index (χ0) is 25.4. The number of likely N-dealkylation sites (tertiary alicyclic amines) is 1. The van der Waals surface area contributed by atoms with E-state index in [1.807, 2.05) is 4.90 Å². The fraction of sp³-hybridized carbons (Fsp3) is 0.478. The van der Waals surface area contributed by atoms with Crippen LogP contribution < -0.4 is 4.90 Å². The van der Waals surface area contributed by atoms with Gasteiger partial charge < -0.3 is 20.0 Å². The van der Waals surface area contributed by atoms with E-state index < -0.39 is 33.9 Å². The molecule has 3 atom stereocenters. The molecule has 4 rings (SSSR count). The Bertz CT molecular complexity index is 1190. The highest BCUT2D eigenvalue weighted by atomic mass is 32.2. The van der Waals surface area contributed by atoms with Crippen molar-refractivity contribution in [2.75, 3.05) is 37.6 Å². The molecule has 2 saturated heterocycles. The number of hydrogen-bond acceptors (Lipinski definition) is 7. The van der Waals surface area contributed by atoms with Gasteiger partial charge in [-0.15, -0.1) is 11.3 Å². The molecule has 190 valence electrons. The van der Waals surface area contributed by atoms with E-state index in [2.05, 4.69) is 12.0 Å². The summed E-state index contributed by atoms with van der Waals surface area (Å²) < 4.78 is 67.4. The molecule has 2 aromatic rings. The maximum Gasteiger partial charge on any atom is 0.421 e. The Morgan fingerprint density at radius 2 is 1.80 bits per heavy atom. The molecular formula is C23H26F3N3O4S2. The Morgan fingerprint density at radius 1 is 1.09 bits per heavy atom. The monoisotopic (exact) mass is 529 g/mol. The highest BCUT2D eigenvalue weighted by molar-refractivity contribution is 7.91. The standard InChI is InChI=1S/C23H26F3N3O4S2/c1-22(31,23(24,25)26)17-4-6-18(7-5-17)29-13-12-28(35(32,33)21-3-2-14-34-21)15-19(29)8-10-27-11-9-20(30)16-27/h2-7,14,19-20,30-31H,9,11-13,15-16H2,1H3/t19-,20+,22+/m0/s1. The molecule has 1 aromatic carbocycles. The molecule has 2 aliphatic rings. The van der Waals surface area contributed by atoms with E-state index >= 15 is 0 Å². The number of benzene rings is 1. The summed E-state index contributed by atoms with van der Waals surface area (Å²) in [4.78, 5) is 3.63. The van der Waals surface area contributed by atoms with Crippen LogP contribution in [0, 0.1) is 12.0 Å². The summed E-state index contributed by atoms with van der Waals surface area (Å²) in [5, 5.41) is 21.4. The van der Waals surface area contributed by atoms with E-state index in [4.69, 9.17) is 0 Å². The van der Waals surface area contributed by atoms with Crippen LogP contribution in [0.1, 0.15) is 18.9 Å². The van der Waals surface area contributed by atoms with Gasteiger partial charge in [-0.1, -0.05) is 24.1 Å². The number of nitrogens with zero attached hydrogens (tertiary/aromatic N) is 3. The molecule has 0 aliphatic carbocycles. The minimum Gasteiger partial charge on any atom is -0.391 e. The van der Waals surface area contributed by atoms with Crippen molar-refractivity contribution in [3.05, 3.63) is 47.3 Å². The summed E-state index contributed by atoms with van der Waals surface area (Å²) in [5.74, 6) is 3.11. The van der Waals surface area contributed by atoms with Crippen LogP contribution in [-0.4, -0.2) is 78.9 Å². The van der Waals surface area contributed by atoms with E-state index in [1.54, 1.807) is 22.4 Å². The SMILES string of the molecule is C[C@@](O)(c1ccc(N2CCN(S(=O)(=O)c3cccs3)C[C@@H]2C#CN2CC[C@@H](O)C2)cc1)C(F)(F)F. The number of sulfonamides is 1. The summed E-state index contributed by atoms with van der Waals surface area (Å²) in [6.45, 7) is 2.24. The van der Waals surface area contributed by atoms with E-state index in [-0.39, 0.29) is 29.4 Å². The highest BCUT2D eigenvalue weighted by Crippen LogP contribution is 2.39. The van der Waals surface area contributed by atoms with Crippen molar-refractivity contribution >= 4 is 27.0 Å². The van der Waals surface area contributed by atoms with Gasteiger partial charge in [0, 0.05) is 37.9 Å². The van der Waals surface area contributed by atoms with Gasteiger partial charge in [-0.25, -0.2) is 8.42 Å². The fourth-order valence-electron chi connectivity index (χ4n) is 4.10. The predicted molar refractivity (Wildman–Crippen MR) is 126 cm³/mol. The third-order valence-electron chi connectivity index (χ3n) is 6.30. The number of alkyl halides is 3. The van der Waals surface area contributed by atoms with E-state index in [0.717, 1.165) is 11.3 Å². The molecule has 0 bridgehead atoms. The van der Waals surface area contributed by atoms with Crippen LogP contribution in [0.3, 0.4) is 0 Å². The Labute approximate surface area is 206 Å². The maximum absolute atomic E-state index is 13.2. The molecule has 0 saturated carbocycles. The Balaban J connectivity index is 1.61. The number of piperazine rings is 1. The van der Waals surface area contributed by atoms with Gasteiger partial charge in [0.25, 0.3) is 10.0 Å². The number of hydrogen-bond donors (Lipinski definition) is 2. The normalized spacial score (nSPS) is 23.6. The molecule has 0 unspecified atom stereocenters. The largest absolute Gasteiger partial charge is 0.421 e. The minimum absolute atomic E-state index is 0.0750. The molecule has 2 N–H and O–H groups in total. The van der Waals surface area contributed by atoms with Gasteiger partial charge in [0.05, 0.1) is 12.6 Å². The van der Waals surface area contributed by atoms with Crippen LogP contribution in [0.5, 0.6) is 0 Å². The van der Waals surface area contributed by atoms with Crippen molar-refractivity contribution in [2.45, 2.75) is 41.5 Å². The first-order chi connectivity index (χ1) is 16.4. The number of thiophene rings is 1. The van der Waals surface area contributed by atoms with Crippen LogP contribution in [0.15, 0.2) is 46.0 Å². The zero-order valence-electron chi connectivity index (χ0n) is 18.9. The molecule has 1 aromatic heterocycles. The van der Waals surface area contributed by atoms with E-state index in [9.17, 15) is 31.8 Å². The third-order valence-corrected chi connectivity index (χ3v) is 9.54. The molecule has 2 aliphatic heterocycles. The lowest BCUT2D eigenvalue weighted by atomic mass is 9.95. The predicted octanol–water partition coefficient (Wildman–Crippen LogP) is 2.42. The summed E-state index contributed by atoms with van der Waals surface area (Å²) in [6.07, 6.45) is -4.69. The van der Waals surface area contributed by atoms with Crippen LogP contribution >= 0.6 is 11.3 Å². The molecule has 0 spiro atoms. The number of halogens is 3. The number of aliphatic hydroxyl groups is 2. The highest BCUT2D eigenvalue weighted by Gasteiger charge is 2.51. The van der Waals surface area contributed by atoms with E-state index in [1.165, 1.54) is 28.6 Å². The number of β-amino-alcohol motifs (C(OH)–C–C–N with tert-alkyl or cyclic N) is 1. The average Bonchev–Trinajstić information content (AvgIpc) is 3.49. The van der Waals surface area contributed by atoms with Gasteiger partial charge in [-0.3, -0.25) is 0 Å². The minimum atomic E-state index is -4.83. The van der Waals surface area contributed by atoms with Gasteiger partial charge in [-0.05, 0) is 42.5 Å². The summed E-state index contributed by atoms with van der Waals surface area (Å²) in [7, 11) is -3.70. The van der Waals surface area contributed by atoms with Crippen molar-refractivity contribution in [3.8, 4) is 12.0 Å². The van der Waals surface area contributed by atoms with Gasteiger partial charge in [0.15, 0.2) is 5.60 Å². The molecule has 0 radical (unpaired) electrons. The molecular weight excluding hydrogens is 503 g/mol. The number of rotatable bonds is 4. The Morgan fingerprint density at radius 3 is 2.37 bits per heavy atom. The van der Waals surface area contributed by atoms with Gasteiger partial charge >= 0.3 is 6.18 Å². The Kier molecular flexibility index (Phi) is 7.09. The van der Waals surface area contributed by atoms with Crippen molar-refractivity contribution in [1.29, 1.82) is 0 Å². The number of anilines is 1. The van der Waals surface area contributed by atoms with E-state index in [0.29, 0.717) is 32.1 Å². The van der Waals surface area contributed by atoms with Gasteiger partial charge in [0.2, 0.25) is 0 Å². The molecule has 7 nitrogen and oxygen atoms in total. The summed E-state index contributed by atoms with van der Waals surface area (Å²) in [6, 6.07) is 11.1. The second-order valence-corrected chi connectivity index (χ2v) is 11.9.